The molecule has 1 amide bonds. The Balaban J connectivity index is 1.32. The van der Waals surface area contributed by atoms with Gasteiger partial charge in [0.2, 0.25) is 5.13 Å². The Morgan fingerprint density at radius 2 is 1.96 bits per heavy atom. The van der Waals surface area contributed by atoms with E-state index in [-0.39, 0.29) is 11.8 Å². The molecule has 0 bridgehead atoms. The van der Waals surface area contributed by atoms with Crippen molar-refractivity contribution >= 4 is 22.4 Å². The zero-order chi connectivity index (χ0) is 19.3. The molecule has 0 spiro atoms. The highest BCUT2D eigenvalue weighted by Crippen LogP contribution is 2.27. The normalized spacial score (nSPS) is 14.8. The van der Waals surface area contributed by atoms with Crippen molar-refractivity contribution in [3.05, 3.63) is 64.9 Å². The minimum Gasteiger partial charge on any atom is -0.490 e. The highest BCUT2D eigenvalue weighted by atomic mass is 32.1. The van der Waals surface area contributed by atoms with Gasteiger partial charge in [0.1, 0.15) is 22.6 Å². The molecule has 0 atom stereocenters. The van der Waals surface area contributed by atoms with Crippen LogP contribution in [0.3, 0.4) is 0 Å². The van der Waals surface area contributed by atoms with Crippen molar-refractivity contribution in [1.82, 2.24) is 15.2 Å². The van der Waals surface area contributed by atoms with Crippen molar-refractivity contribution in [1.29, 1.82) is 0 Å². The summed E-state index contributed by atoms with van der Waals surface area (Å²) in [4.78, 5) is 17.4. The van der Waals surface area contributed by atoms with Gasteiger partial charge in [0.15, 0.2) is 0 Å². The number of aromatic nitrogens is 3. The summed E-state index contributed by atoms with van der Waals surface area (Å²) < 4.78 is 6.01. The number of nitrogens with two attached hydrogens (primary N) is 1. The van der Waals surface area contributed by atoms with E-state index in [4.69, 9.17) is 10.5 Å². The Hall–Kier alpha value is -3.00. The van der Waals surface area contributed by atoms with E-state index in [1.54, 1.807) is 29.7 Å². The van der Waals surface area contributed by atoms with E-state index < -0.39 is 5.91 Å². The van der Waals surface area contributed by atoms with Crippen LogP contribution in [0.5, 0.6) is 5.75 Å². The lowest BCUT2D eigenvalue weighted by atomic mass is 10.1. The predicted octanol–water partition coefficient (Wildman–Crippen LogP) is 2.67. The smallest absolute Gasteiger partial charge is 0.267 e. The summed E-state index contributed by atoms with van der Waals surface area (Å²) in [5.41, 5.74) is 6.73. The van der Waals surface area contributed by atoms with Crippen LogP contribution in [-0.4, -0.2) is 40.3 Å². The quantitative estimate of drug-likeness (QED) is 0.690. The maximum absolute atomic E-state index is 11.2. The highest BCUT2D eigenvalue weighted by Gasteiger charge is 2.23. The van der Waals surface area contributed by atoms with Crippen LogP contribution in [0.1, 0.15) is 33.9 Å². The first kappa shape index (κ1) is 18.4. The predicted molar refractivity (Wildman–Crippen MR) is 108 cm³/mol. The van der Waals surface area contributed by atoms with E-state index in [0.29, 0.717) is 5.75 Å². The molecular formula is C20H21N5O2S. The fourth-order valence-electron chi connectivity index (χ4n) is 3.19. The number of ether oxygens (including phenoxy) is 1. The minimum atomic E-state index is -0.553. The van der Waals surface area contributed by atoms with Gasteiger partial charge in [-0.1, -0.05) is 41.7 Å². The summed E-state index contributed by atoms with van der Waals surface area (Å²) in [6, 6.07) is 13.6. The van der Waals surface area contributed by atoms with Crippen LogP contribution >= 0.6 is 11.3 Å². The number of nitrogens with zero attached hydrogens (tertiary/aromatic N) is 4. The average Bonchev–Trinajstić information content (AvgIpc) is 3.18. The van der Waals surface area contributed by atoms with E-state index >= 15 is 0 Å². The van der Waals surface area contributed by atoms with Gasteiger partial charge in [0.05, 0.1) is 0 Å². The molecule has 1 aromatic carbocycles. The van der Waals surface area contributed by atoms with Crippen LogP contribution in [0, 0.1) is 0 Å². The number of hydrogen-bond donors (Lipinski definition) is 1. The number of primary amides is 1. The van der Waals surface area contributed by atoms with Crippen LogP contribution in [0.15, 0.2) is 48.7 Å². The molecule has 8 heteroatoms. The Labute approximate surface area is 167 Å². The lowest BCUT2D eigenvalue weighted by Gasteiger charge is -2.31. The molecule has 2 N–H and O–H groups in total. The summed E-state index contributed by atoms with van der Waals surface area (Å²) in [5.74, 6) is 0.0751. The Bertz CT molecular complexity index is 939. The number of carbonyl (C=O) groups excluding carboxylic acids is 1. The molecule has 1 aliphatic rings. The molecule has 28 heavy (non-hydrogen) atoms. The number of hydrogen-bond acceptors (Lipinski definition) is 7. The summed E-state index contributed by atoms with van der Waals surface area (Å²) in [7, 11) is 0. The lowest BCUT2D eigenvalue weighted by Crippen LogP contribution is -2.38. The highest BCUT2D eigenvalue weighted by molar-refractivity contribution is 7.15. The molecule has 0 radical (unpaired) electrons. The van der Waals surface area contributed by atoms with Crippen molar-refractivity contribution in [2.45, 2.75) is 25.4 Å². The van der Waals surface area contributed by atoms with E-state index in [2.05, 4.69) is 32.2 Å². The molecule has 4 rings (SSSR count). The van der Waals surface area contributed by atoms with Gasteiger partial charge in [-0.2, -0.15) is 0 Å². The van der Waals surface area contributed by atoms with Crippen molar-refractivity contribution in [3.63, 3.8) is 0 Å². The second-order valence-corrected chi connectivity index (χ2v) is 7.73. The van der Waals surface area contributed by atoms with Crippen molar-refractivity contribution < 1.29 is 9.53 Å². The molecular weight excluding hydrogens is 374 g/mol. The zero-order valence-corrected chi connectivity index (χ0v) is 16.1. The lowest BCUT2D eigenvalue weighted by molar-refractivity contribution is 0.0994. The topological polar surface area (TPSA) is 94.2 Å². The Morgan fingerprint density at radius 3 is 2.71 bits per heavy atom. The molecule has 7 nitrogen and oxygen atoms in total. The molecule has 3 heterocycles. The van der Waals surface area contributed by atoms with Gasteiger partial charge in [0.25, 0.3) is 5.91 Å². The van der Waals surface area contributed by atoms with Gasteiger partial charge in [-0.15, -0.1) is 10.2 Å². The molecule has 0 saturated carbocycles. The summed E-state index contributed by atoms with van der Waals surface area (Å²) >= 11 is 1.65. The number of anilines is 1. The first-order valence-electron chi connectivity index (χ1n) is 9.21. The van der Waals surface area contributed by atoms with E-state index in [1.807, 2.05) is 18.2 Å². The first-order chi connectivity index (χ1) is 13.7. The first-order valence-corrected chi connectivity index (χ1v) is 10.0. The number of amides is 1. The molecule has 1 saturated heterocycles. The Kier molecular flexibility index (Phi) is 5.48. The van der Waals surface area contributed by atoms with E-state index in [0.717, 1.165) is 42.5 Å². The van der Waals surface area contributed by atoms with Gasteiger partial charge in [-0.05, 0) is 11.6 Å². The van der Waals surface area contributed by atoms with Gasteiger partial charge in [-0.25, -0.2) is 0 Å². The second-order valence-electron chi connectivity index (χ2n) is 6.69. The molecule has 3 aromatic rings. The fraction of sp³-hybridized carbons (Fsp3) is 0.300. The average molecular weight is 395 g/mol. The number of carbonyl (C=O) groups is 1. The maximum Gasteiger partial charge on any atom is 0.267 e. The third kappa shape index (κ3) is 4.45. The van der Waals surface area contributed by atoms with Crippen LogP contribution in [0.4, 0.5) is 5.13 Å². The van der Waals surface area contributed by atoms with Gasteiger partial charge < -0.3 is 15.4 Å². The maximum atomic E-state index is 11.2. The standard InChI is InChI=1S/C20H21N5O2S/c21-19(26)17-13-16(6-9-22-17)27-15-7-10-25(11-8-15)20-24-23-18(28-20)12-14-4-2-1-3-5-14/h1-6,9,13,15H,7-8,10-12H2,(H2,21,26). The molecule has 144 valence electrons. The zero-order valence-electron chi connectivity index (χ0n) is 15.3. The van der Waals surface area contributed by atoms with Crippen LogP contribution in [-0.2, 0) is 6.42 Å². The SMILES string of the molecule is NC(=O)c1cc(OC2CCN(c3nnc(Cc4ccccc4)s3)CC2)ccn1. The monoisotopic (exact) mass is 395 g/mol. The van der Waals surface area contributed by atoms with E-state index in [1.165, 1.54) is 5.56 Å². The van der Waals surface area contributed by atoms with E-state index in [9.17, 15) is 4.79 Å². The largest absolute Gasteiger partial charge is 0.490 e. The van der Waals surface area contributed by atoms with Crippen molar-refractivity contribution in [2.75, 3.05) is 18.0 Å². The fourth-order valence-corrected chi connectivity index (χ4v) is 4.12. The third-order valence-corrected chi connectivity index (χ3v) is 5.64. The van der Waals surface area contributed by atoms with Gasteiger partial charge >= 0.3 is 0 Å². The molecule has 2 aromatic heterocycles. The van der Waals surface area contributed by atoms with Crippen LogP contribution in [0.25, 0.3) is 0 Å². The number of benzene rings is 1. The Morgan fingerprint density at radius 1 is 1.18 bits per heavy atom. The summed E-state index contributed by atoms with van der Waals surface area (Å²) in [5, 5.41) is 10.7. The second kappa shape index (κ2) is 8.35. The molecule has 0 unspecified atom stereocenters. The molecule has 0 aliphatic carbocycles. The number of rotatable bonds is 6. The van der Waals surface area contributed by atoms with Gasteiger partial charge in [0, 0.05) is 44.6 Å². The van der Waals surface area contributed by atoms with Crippen LogP contribution in [0.2, 0.25) is 0 Å². The number of piperidine rings is 1. The third-order valence-electron chi connectivity index (χ3n) is 4.65. The van der Waals surface area contributed by atoms with Crippen LogP contribution < -0.4 is 15.4 Å². The minimum absolute atomic E-state index is 0.0936. The molecule has 1 fully saturated rings. The number of pyridine rings is 1. The molecule has 1 aliphatic heterocycles. The summed E-state index contributed by atoms with van der Waals surface area (Å²) in [6.45, 7) is 1.72. The summed E-state index contributed by atoms with van der Waals surface area (Å²) in [6.07, 6.45) is 4.20. The van der Waals surface area contributed by atoms with Crippen molar-refractivity contribution in [3.8, 4) is 5.75 Å². The van der Waals surface area contributed by atoms with Crippen molar-refractivity contribution in [2.24, 2.45) is 5.73 Å². The van der Waals surface area contributed by atoms with Gasteiger partial charge in [-0.3, -0.25) is 9.78 Å².